The van der Waals surface area contributed by atoms with Crippen LogP contribution in [0.1, 0.15) is 50.3 Å². The summed E-state index contributed by atoms with van der Waals surface area (Å²) >= 11 is 0. The second-order valence-corrected chi connectivity index (χ2v) is 5.22. The molecule has 0 heterocycles. The zero-order chi connectivity index (χ0) is 14.5. The molecule has 1 aliphatic rings. The summed E-state index contributed by atoms with van der Waals surface area (Å²) in [5.74, 6) is -0.253. The summed E-state index contributed by atoms with van der Waals surface area (Å²) in [6.45, 7) is 4.85. The smallest absolute Gasteiger partial charge is 0.344 e. The van der Waals surface area contributed by atoms with Crippen molar-refractivity contribution in [2.24, 2.45) is 0 Å². The topological polar surface area (TPSA) is 58.6 Å². The Bertz CT molecular complexity index is 473. The molecule has 110 valence electrons. The van der Waals surface area contributed by atoms with Gasteiger partial charge in [-0.1, -0.05) is 19.9 Å². The van der Waals surface area contributed by atoms with Crippen molar-refractivity contribution in [2.75, 3.05) is 6.54 Å². The van der Waals surface area contributed by atoms with Crippen molar-refractivity contribution in [3.63, 3.8) is 0 Å². The molecule has 0 bridgehead atoms. The van der Waals surface area contributed by atoms with E-state index in [-0.39, 0.29) is 0 Å². The van der Waals surface area contributed by atoms with Gasteiger partial charge in [0.05, 0.1) is 0 Å². The Morgan fingerprint density at radius 1 is 1.50 bits per heavy atom. The number of aryl methyl sites for hydroxylation is 1. The molecule has 0 saturated carbocycles. The Kier molecular flexibility index (Phi) is 5.01. The molecule has 4 nitrogen and oxygen atoms in total. The first-order valence-electron chi connectivity index (χ1n) is 7.41. The monoisotopic (exact) mass is 277 g/mol. The third-order valence-electron chi connectivity index (χ3n) is 3.81. The molecule has 2 N–H and O–H groups in total. The van der Waals surface area contributed by atoms with E-state index in [1.165, 1.54) is 17.5 Å². The molecule has 0 radical (unpaired) electrons. The van der Waals surface area contributed by atoms with Gasteiger partial charge in [0.15, 0.2) is 6.10 Å². The number of carboxylic acids is 1. The molecular formula is C16H23NO3. The van der Waals surface area contributed by atoms with E-state index >= 15 is 0 Å². The predicted octanol–water partition coefficient (Wildman–Crippen LogP) is 2.92. The van der Waals surface area contributed by atoms with E-state index in [1.54, 1.807) is 0 Å². The molecule has 2 atom stereocenters. The fraction of sp³-hybridized carbons (Fsp3) is 0.562. The van der Waals surface area contributed by atoms with Crippen LogP contribution in [0.3, 0.4) is 0 Å². The molecule has 20 heavy (non-hydrogen) atoms. The van der Waals surface area contributed by atoms with Gasteiger partial charge in [-0.15, -0.1) is 0 Å². The summed E-state index contributed by atoms with van der Waals surface area (Å²) in [4.78, 5) is 11.1. The Hall–Kier alpha value is -1.55. The van der Waals surface area contributed by atoms with Crippen molar-refractivity contribution in [3.05, 3.63) is 29.3 Å². The number of fused-ring (bicyclic) bond motifs is 1. The molecule has 1 aliphatic carbocycles. The quantitative estimate of drug-likeness (QED) is 0.839. The van der Waals surface area contributed by atoms with Crippen molar-refractivity contribution < 1.29 is 14.6 Å². The molecular weight excluding hydrogens is 254 g/mol. The summed E-state index contributed by atoms with van der Waals surface area (Å²) in [6, 6.07) is 6.33. The van der Waals surface area contributed by atoms with Crippen LogP contribution in [0, 0.1) is 0 Å². The number of benzene rings is 1. The lowest BCUT2D eigenvalue weighted by atomic mass is 9.87. The van der Waals surface area contributed by atoms with Crippen LogP contribution >= 0.6 is 0 Å². The fourth-order valence-electron chi connectivity index (χ4n) is 2.78. The van der Waals surface area contributed by atoms with Gasteiger partial charge in [-0.2, -0.15) is 0 Å². The number of carboxylic acid groups (broad SMARTS) is 1. The molecule has 1 aromatic rings. The van der Waals surface area contributed by atoms with Crippen LogP contribution in [0.4, 0.5) is 0 Å². The summed E-state index contributed by atoms with van der Waals surface area (Å²) in [5.41, 5.74) is 2.61. The largest absolute Gasteiger partial charge is 0.479 e. The van der Waals surface area contributed by atoms with Crippen molar-refractivity contribution in [1.29, 1.82) is 0 Å². The highest BCUT2D eigenvalue weighted by atomic mass is 16.5. The summed E-state index contributed by atoms with van der Waals surface area (Å²) in [5, 5.41) is 12.6. The average molecular weight is 277 g/mol. The lowest BCUT2D eigenvalue weighted by Gasteiger charge is -2.27. The maximum atomic E-state index is 11.1. The SMILES string of the molecule is CCNC1CCCc2ccc(OC(CC)C(=O)O)cc21. The van der Waals surface area contributed by atoms with Gasteiger partial charge in [0.1, 0.15) is 5.75 Å². The highest BCUT2D eigenvalue weighted by Gasteiger charge is 2.22. The Morgan fingerprint density at radius 3 is 2.95 bits per heavy atom. The van der Waals surface area contributed by atoms with Gasteiger partial charge in [-0.3, -0.25) is 0 Å². The minimum absolute atomic E-state index is 0.359. The van der Waals surface area contributed by atoms with Crippen LogP contribution in [-0.2, 0) is 11.2 Å². The summed E-state index contributed by atoms with van der Waals surface area (Å²) < 4.78 is 5.59. The van der Waals surface area contributed by atoms with Gasteiger partial charge >= 0.3 is 5.97 Å². The van der Waals surface area contributed by atoms with Crippen molar-refractivity contribution >= 4 is 5.97 Å². The highest BCUT2D eigenvalue weighted by molar-refractivity contribution is 5.72. The van der Waals surface area contributed by atoms with Crippen LogP contribution in [-0.4, -0.2) is 23.7 Å². The Balaban J connectivity index is 2.20. The first-order chi connectivity index (χ1) is 9.65. The van der Waals surface area contributed by atoms with Gasteiger partial charge in [0, 0.05) is 6.04 Å². The molecule has 2 rings (SSSR count). The molecule has 0 fully saturated rings. The van der Waals surface area contributed by atoms with Gasteiger partial charge in [-0.25, -0.2) is 4.79 Å². The van der Waals surface area contributed by atoms with E-state index in [2.05, 4.69) is 18.3 Å². The molecule has 2 unspecified atom stereocenters. The molecule has 0 spiro atoms. The number of aliphatic carboxylic acids is 1. The second-order valence-electron chi connectivity index (χ2n) is 5.22. The number of carbonyl (C=O) groups is 1. The zero-order valence-corrected chi connectivity index (χ0v) is 12.2. The maximum Gasteiger partial charge on any atom is 0.344 e. The van der Waals surface area contributed by atoms with Crippen LogP contribution in [0.2, 0.25) is 0 Å². The number of rotatable bonds is 6. The number of hydrogen-bond donors (Lipinski definition) is 2. The van der Waals surface area contributed by atoms with Gasteiger partial charge in [0.2, 0.25) is 0 Å². The molecule has 0 aliphatic heterocycles. The van der Waals surface area contributed by atoms with Crippen LogP contribution in [0.15, 0.2) is 18.2 Å². The molecule has 0 saturated heterocycles. The standard InChI is InChI=1S/C16H23NO3/c1-3-15(16(18)19)20-12-9-8-11-6-5-7-14(17-4-2)13(11)10-12/h8-10,14-15,17H,3-7H2,1-2H3,(H,18,19). The first kappa shape index (κ1) is 14.9. The average Bonchev–Trinajstić information content (AvgIpc) is 2.45. The van der Waals surface area contributed by atoms with E-state index in [4.69, 9.17) is 9.84 Å². The third-order valence-corrected chi connectivity index (χ3v) is 3.81. The lowest BCUT2D eigenvalue weighted by molar-refractivity contribution is -0.145. The van der Waals surface area contributed by atoms with E-state index in [1.807, 2.05) is 19.1 Å². The maximum absolute atomic E-state index is 11.1. The van der Waals surface area contributed by atoms with Crippen molar-refractivity contribution in [2.45, 2.75) is 51.7 Å². The second kappa shape index (κ2) is 6.75. The normalized spacial score (nSPS) is 19.2. The third kappa shape index (κ3) is 3.31. The molecule has 4 heteroatoms. The van der Waals surface area contributed by atoms with E-state index in [0.717, 1.165) is 19.4 Å². The molecule has 0 amide bonds. The van der Waals surface area contributed by atoms with Crippen LogP contribution in [0.5, 0.6) is 5.75 Å². The number of nitrogens with one attached hydrogen (secondary N) is 1. The minimum atomic E-state index is -0.909. The Labute approximate surface area is 120 Å². The highest BCUT2D eigenvalue weighted by Crippen LogP contribution is 2.32. The van der Waals surface area contributed by atoms with Gasteiger partial charge < -0.3 is 15.2 Å². The minimum Gasteiger partial charge on any atom is -0.479 e. The Morgan fingerprint density at radius 2 is 2.30 bits per heavy atom. The molecule has 0 aromatic heterocycles. The van der Waals surface area contributed by atoms with E-state index < -0.39 is 12.1 Å². The van der Waals surface area contributed by atoms with E-state index in [0.29, 0.717) is 18.2 Å². The van der Waals surface area contributed by atoms with Crippen LogP contribution < -0.4 is 10.1 Å². The van der Waals surface area contributed by atoms with Gasteiger partial charge in [-0.05, 0) is 55.5 Å². The van der Waals surface area contributed by atoms with Crippen LogP contribution in [0.25, 0.3) is 0 Å². The van der Waals surface area contributed by atoms with Crippen molar-refractivity contribution in [1.82, 2.24) is 5.32 Å². The summed E-state index contributed by atoms with van der Waals surface area (Å²) in [7, 11) is 0. The van der Waals surface area contributed by atoms with Crippen molar-refractivity contribution in [3.8, 4) is 5.75 Å². The fourth-order valence-corrected chi connectivity index (χ4v) is 2.78. The number of hydrogen-bond acceptors (Lipinski definition) is 3. The first-order valence-corrected chi connectivity index (χ1v) is 7.41. The lowest BCUT2D eigenvalue weighted by Crippen LogP contribution is -2.27. The summed E-state index contributed by atoms with van der Waals surface area (Å²) in [6.07, 6.45) is 3.10. The van der Waals surface area contributed by atoms with E-state index in [9.17, 15) is 4.79 Å². The number of ether oxygens (including phenoxy) is 1. The zero-order valence-electron chi connectivity index (χ0n) is 12.2. The van der Waals surface area contributed by atoms with Gasteiger partial charge in [0.25, 0.3) is 0 Å². The predicted molar refractivity (Wildman–Crippen MR) is 78.1 cm³/mol. The molecule has 1 aromatic carbocycles.